The van der Waals surface area contributed by atoms with Gasteiger partial charge in [0, 0.05) is 23.5 Å². The van der Waals surface area contributed by atoms with Gasteiger partial charge in [-0.15, -0.1) is 0 Å². The number of ether oxygens (including phenoxy) is 2. The highest BCUT2D eigenvalue weighted by molar-refractivity contribution is 5.69. The molecule has 3 rings (SSSR count). The van der Waals surface area contributed by atoms with Gasteiger partial charge in [-0.25, -0.2) is 4.98 Å². The first-order valence-electron chi connectivity index (χ1n) is 7.07. The predicted octanol–water partition coefficient (Wildman–Crippen LogP) is 3.18. The molecule has 3 aromatic rings. The van der Waals surface area contributed by atoms with Crippen LogP contribution in [0.1, 0.15) is 5.69 Å². The van der Waals surface area contributed by atoms with Gasteiger partial charge in [-0.3, -0.25) is 4.98 Å². The van der Waals surface area contributed by atoms with E-state index < -0.39 is 0 Å². The highest BCUT2D eigenvalue weighted by Crippen LogP contribution is 2.34. The Morgan fingerprint density at radius 2 is 1.83 bits per heavy atom. The molecule has 118 valence electrons. The molecule has 23 heavy (non-hydrogen) atoms. The Kier molecular flexibility index (Phi) is 3.89. The van der Waals surface area contributed by atoms with E-state index in [9.17, 15) is 5.21 Å². The zero-order chi connectivity index (χ0) is 16.4. The maximum absolute atomic E-state index is 10.6. The Balaban J connectivity index is 2.12. The summed E-state index contributed by atoms with van der Waals surface area (Å²) < 4.78 is 11.6. The van der Waals surface area contributed by atoms with Crippen LogP contribution in [0.3, 0.4) is 0 Å². The average Bonchev–Trinajstić information content (AvgIpc) is 2.89. The number of rotatable bonds is 4. The highest BCUT2D eigenvalue weighted by atomic mass is 16.5. The molecule has 0 saturated heterocycles. The minimum Gasteiger partial charge on any atom is -0.493 e. The van der Waals surface area contributed by atoms with E-state index in [0.29, 0.717) is 28.7 Å². The van der Waals surface area contributed by atoms with E-state index in [1.807, 2.05) is 25.1 Å². The molecule has 1 aromatic carbocycles. The Morgan fingerprint density at radius 3 is 2.48 bits per heavy atom. The topological polar surface area (TPSA) is 69.4 Å². The summed E-state index contributed by atoms with van der Waals surface area (Å²) in [6, 6.07) is 9.07. The molecule has 6 heteroatoms. The van der Waals surface area contributed by atoms with Crippen molar-refractivity contribution in [2.75, 3.05) is 14.2 Å². The second kappa shape index (κ2) is 6.00. The van der Waals surface area contributed by atoms with Crippen LogP contribution in [0, 0.1) is 6.92 Å². The van der Waals surface area contributed by atoms with Crippen LogP contribution in [0.25, 0.3) is 22.6 Å². The fraction of sp³-hybridized carbons (Fsp3) is 0.176. The van der Waals surface area contributed by atoms with Gasteiger partial charge in [0.2, 0.25) is 0 Å². The number of aryl methyl sites for hydroxylation is 1. The minimum absolute atomic E-state index is 0.433. The summed E-state index contributed by atoms with van der Waals surface area (Å²) >= 11 is 0. The predicted molar refractivity (Wildman–Crippen MR) is 85.9 cm³/mol. The maximum Gasteiger partial charge on any atom is 0.176 e. The number of hydrogen-bond donors (Lipinski definition) is 1. The zero-order valence-electron chi connectivity index (χ0n) is 13.1. The van der Waals surface area contributed by atoms with Crippen LogP contribution >= 0.6 is 0 Å². The molecule has 0 aliphatic rings. The Labute approximate surface area is 133 Å². The van der Waals surface area contributed by atoms with E-state index in [1.165, 1.54) is 0 Å². The molecule has 0 radical (unpaired) electrons. The average molecular weight is 311 g/mol. The van der Waals surface area contributed by atoms with Crippen molar-refractivity contribution in [1.29, 1.82) is 0 Å². The van der Waals surface area contributed by atoms with Gasteiger partial charge in [-0.2, -0.15) is 4.73 Å². The van der Waals surface area contributed by atoms with Gasteiger partial charge in [-0.05, 0) is 37.3 Å². The molecule has 0 bridgehead atoms. The van der Waals surface area contributed by atoms with Crippen LogP contribution in [0.5, 0.6) is 11.5 Å². The van der Waals surface area contributed by atoms with Crippen molar-refractivity contribution in [3.8, 4) is 34.1 Å². The van der Waals surface area contributed by atoms with E-state index in [2.05, 4.69) is 9.97 Å². The third-order valence-corrected chi connectivity index (χ3v) is 3.61. The first-order chi connectivity index (χ1) is 11.2. The summed E-state index contributed by atoms with van der Waals surface area (Å²) in [5.41, 5.74) is 2.85. The molecule has 0 fully saturated rings. The van der Waals surface area contributed by atoms with E-state index >= 15 is 0 Å². The number of methoxy groups -OCH3 is 2. The first-order valence-corrected chi connectivity index (χ1v) is 7.07. The van der Waals surface area contributed by atoms with E-state index in [-0.39, 0.29) is 0 Å². The second-order valence-corrected chi connectivity index (χ2v) is 4.99. The third-order valence-electron chi connectivity index (χ3n) is 3.61. The van der Waals surface area contributed by atoms with E-state index in [0.717, 1.165) is 15.9 Å². The van der Waals surface area contributed by atoms with Crippen molar-refractivity contribution in [2.45, 2.75) is 6.92 Å². The first kappa shape index (κ1) is 14.9. The normalized spacial score (nSPS) is 10.6. The van der Waals surface area contributed by atoms with E-state index in [1.54, 1.807) is 38.7 Å². The minimum atomic E-state index is 0.433. The summed E-state index contributed by atoms with van der Waals surface area (Å²) in [5, 5.41) is 10.6. The molecular formula is C17H17N3O3. The molecule has 0 saturated carbocycles. The summed E-state index contributed by atoms with van der Waals surface area (Å²) in [6.07, 6.45) is 3.38. The fourth-order valence-corrected chi connectivity index (χ4v) is 2.51. The van der Waals surface area contributed by atoms with Gasteiger partial charge in [0.15, 0.2) is 17.3 Å². The molecule has 1 N–H and O–H groups in total. The molecule has 0 spiro atoms. The van der Waals surface area contributed by atoms with Crippen LogP contribution in [-0.2, 0) is 0 Å². The van der Waals surface area contributed by atoms with Gasteiger partial charge in [-0.1, -0.05) is 0 Å². The number of imidazole rings is 1. The molecule has 0 atom stereocenters. The maximum atomic E-state index is 10.6. The Hall–Kier alpha value is -3.02. The SMILES string of the molecule is COc1ccc(-c2nc(C)c(-c3cccnc3)n2O)cc1OC. The highest BCUT2D eigenvalue weighted by Gasteiger charge is 2.18. The number of nitrogens with zero attached hydrogens (tertiary/aromatic N) is 3. The number of benzene rings is 1. The van der Waals surface area contributed by atoms with Crippen molar-refractivity contribution >= 4 is 0 Å². The number of pyridine rings is 1. The van der Waals surface area contributed by atoms with Crippen LogP contribution < -0.4 is 9.47 Å². The smallest absolute Gasteiger partial charge is 0.176 e. The summed E-state index contributed by atoms with van der Waals surface area (Å²) in [5.74, 6) is 1.63. The molecular weight excluding hydrogens is 294 g/mol. The lowest BCUT2D eigenvalue weighted by Gasteiger charge is -2.09. The second-order valence-electron chi connectivity index (χ2n) is 4.99. The molecule has 0 unspecified atom stereocenters. The van der Waals surface area contributed by atoms with Gasteiger partial charge < -0.3 is 14.7 Å². The monoisotopic (exact) mass is 311 g/mol. The van der Waals surface area contributed by atoms with E-state index in [4.69, 9.17) is 9.47 Å². The summed E-state index contributed by atoms with van der Waals surface area (Å²) in [6.45, 7) is 1.85. The lowest BCUT2D eigenvalue weighted by molar-refractivity contribution is 0.195. The van der Waals surface area contributed by atoms with Crippen LogP contribution in [-0.4, -0.2) is 34.1 Å². The van der Waals surface area contributed by atoms with Crippen molar-refractivity contribution in [3.63, 3.8) is 0 Å². The largest absolute Gasteiger partial charge is 0.493 e. The number of aromatic nitrogens is 3. The quantitative estimate of drug-likeness (QED) is 0.749. The molecule has 6 nitrogen and oxygen atoms in total. The fourth-order valence-electron chi connectivity index (χ4n) is 2.51. The van der Waals surface area contributed by atoms with Gasteiger partial charge in [0.05, 0.1) is 19.9 Å². The van der Waals surface area contributed by atoms with Crippen molar-refractivity contribution < 1.29 is 14.7 Å². The zero-order valence-corrected chi connectivity index (χ0v) is 13.1. The third kappa shape index (κ3) is 2.59. The Bertz CT molecular complexity index is 829. The molecule has 0 aliphatic heterocycles. The summed E-state index contributed by atoms with van der Waals surface area (Å²) in [4.78, 5) is 8.56. The van der Waals surface area contributed by atoms with Crippen LogP contribution in [0.15, 0.2) is 42.7 Å². The van der Waals surface area contributed by atoms with Gasteiger partial charge in [0.1, 0.15) is 5.69 Å². The molecule has 2 heterocycles. The molecule has 0 amide bonds. The number of hydrogen-bond acceptors (Lipinski definition) is 5. The van der Waals surface area contributed by atoms with Crippen molar-refractivity contribution in [3.05, 3.63) is 48.4 Å². The lowest BCUT2D eigenvalue weighted by Crippen LogP contribution is -1.98. The lowest BCUT2D eigenvalue weighted by atomic mass is 10.2. The van der Waals surface area contributed by atoms with Crippen molar-refractivity contribution in [2.24, 2.45) is 0 Å². The van der Waals surface area contributed by atoms with Crippen molar-refractivity contribution in [1.82, 2.24) is 14.7 Å². The molecule has 2 aromatic heterocycles. The standard InChI is InChI=1S/C17H17N3O3/c1-11-16(13-5-4-8-18-10-13)20(21)17(19-11)12-6-7-14(22-2)15(9-12)23-3/h4-10,21H,1-3H3. The molecule has 0 aliphatic carbocycles. The van der Waals surface area contributed by atoms with Gasteiger partial charge in [0.25, 0.3) is 0 Å². The van der Waals surface area contributed by atoms with Gasteiger partial charge >= 0.3 is 0 Å². The Morgan fingerprint density at radius 1 is 1.04 bits per heavy atom. The summed E-state index contributed by atoms with van der Waals surface area (Å²) in [7, 11) is 3.15. The van der Waals surface area contributed by atoms with Crippen LogP contribution in [0.4, 0.5) is 0 Å². The van der Waals surface area contributed by atoms with Crippen LogP contribution in [0.2, 0.25) is 0 Å².